The van der Waals surface area contributed by atoms with Gasteiger partial charge in [-0.25, -0.2) is 4.99 Å². The highest BCUT2D eigenvalue weighted by Gasteiger charge is 2.22. The molecule has 4 heterocycles. The Bertz CT molecular complexity index is 1050. The minimum absolute atomic E-state index is 0.380. The van der Waals surface area contributed by atoms with E-state index in [1.54, 1.807) is 0 Å². The van der Waals surface area contributed by atoms with Crippen LogP contribution < -0.4 is 4.74 Å². The first-order valence-electron chi connectivity index (χ1n) is 15.8. The van der Waals surface area contributed by atoms with Gasteiger partial charge in [-0.15, -0.1) is 4.37 Å². The van der Waals surface area contributed by atoms with E-state index in [2.05, 4.69) is 56.7 Å². The van der Waals surface area contributed by atoms with Gasteiger partial charge in [0.05, 0.1) is 24.9 Å². The van der Waals surface area contributed by atoms with Crippen molar-refractivity contribution in [2.75, 3.05) is 60.1 Å². The summed E-state index contributed by atoms with van der Waals surface area (Å²) in [7, 11) is 2.14. The van der Waals surface area contributed by atoms with Crippen molar-refractivity contribution in [3.8, 4) is 5.88 Å². The topological polar surface area (TPSA) is 75.4 Å². The minimum Gasteiger partial charge on any atom is -0.476 e. The fraction of sp³-hybridized carbons (Fsp3) is 0.724. The van der Waals surface area contributed by atoms with E-state index in [0.717, 1.165) is 74.7 Å². The summed E-state index contributed by atoms with van der Waals surface area (Å²) in [6.07, 6.45) is 15.6. The Kier molecular flexibility index (Phi) is 12.0. The van der Waals surface area contributed by atoms with Crippen LogP contribution in [0.5, 0.6) is 5.88 Å². The molecule has 0 aromatic carbocycles. The summed E-state index contributed by atoms with van der Waals surface area (Å²) in [6, 6.07) is 0. The van der Waals surface area contributed by atoms with Gasteiger partial charge < -0.3 is 19.3 Å². The van der Waals surface area contributed by atoms with Crippen LogP contribution in [-0.2, 0) is 4.74 Å². The van der Waals surface area contributed by atoms with Gasteiger partial charge in [0.2, 0.25) is 5.90 Å². The van der Waals surface area contributed by atoms with Crippen molar-refractivity contribution in [3.63, 3.8) is 0 Å². The molecule has 0 spiro atoms. The molecule has 3 aliphatic rings. The van der Waals surface area contributed by atoms with Crippen LogP contribution in [0.25, 0.3) is 5.57 Å². The second-order valence-electron chi connectivity index (χ2n) is 10.0. The van der Waals surface area contributed by atoms with E-state index in [4.69, 9.17) is 13.6 Å². The minimum atomic E-state index is -2.06. The molecule has 0 aliphatic carbocycles. The van der Waals surface area contributed by atoms with Crippen molar-refractivity contribution >= 4 is 28.9 Å². The lowest BCUT2D eigenvalue weighted by molar-refractivity contribution is 0.294. The molecule has 0 radical (unpaired) electrons. The van der Waals surface area contributed by atoms with E-state index in [-0.39, 0.29) is 0 Å². The summed E-state index contributed by atoms with van der Waals surface area (Å²) in [5.41, 5.74) is 3.87. The largest absolute Gasteiger partial charge is 0.476 e. The first-order valence-corrected chi connectivity index (χ1v) is 15.1. The number of hydrogen-bond acceptors (Lipinski definition) is 9. The summed E-state index contributed by atoms with van der Waals surface area (Å²) in [6.45, 7) is 7.11. The molecule has 3 aliphatic heterocycles. The molecule has 0 unspecified atom stereocenters. The highest BCUT2D eigenvalue weighted by molar-refractivity contribution is 6.99. The van der Waals surface area contributed by atoms with Crippen molar-refractivity contribution in [3.05, 3.63) is 23.4 Å². The van der Waals surface area contributed by atoms with Gasteiger partial charge in [-0.05, 0) is 50.9 Å². The van der Waals surface area contributed by atoms with Crippen LogP contribution in [0.15, 0.2) is 27.7 Å². The summed E-state index contributed by atoms with van der Waals surface area (Å²) in [4.78, 5) is 12.5. The van der Waals surface area contributed by atoms with Gasteiger partial charge in [0.15, 0.2) is 0 Å². The second-order valence-corrected chi connectivity index (χ2v) is 10.6. The maximum atomic E-state index is 7.54. The molecule has 0 N–H and O–H groups in total. The van der Waals surface area contributed by atoms with Crippen molar-refractivity contribution in [1.82, 2.24) is 18.5 Å². The average Bonchev–Trinajstić information content (AvgIpc) is 3.63. The van der Waals surface area contributed by atoms with Crippen LogP contribution >= 0.6 is 11.7 Å². The van der Waals surface area contributed by atoms with Crippen LogP contribution in [0.2, 0.25) is 0 Å². The molecule has 1 aromatic heterocycles. The zero-order valence-electron chi connectivity index (χ0n) is 26.6. The number of nitrogens with zero attached hydrogens (tertiary/aromatic N) is 6. The van der Waals surface area contributed by atoms with Gasteiger partial charge in [0.25, 0.3) is 5.88 Å². The van der Waals surface area contributed by atoms with Gasteiger partial charge in [-0.1, -0.05) is 64.5 Å². The highest BCUT2D eigenvalue weighted by atomic mass is 32.1. The van der Waals surface area contributed by atoms with Crippen molar-refractivity contribution in [2.24, 2.45) is 9.98 Å². The molecule has 212 valence electrons. The normalized spacial score (nSPS) is 19.7. The number of aromatic nitrogens is 2. The molecule has 38 heavy (non-hydrogen) atoms. The molecule has 9 heteroatoms. The third kappa shape index (κ3) is 10.2. The first kappa shape index (κ1) is 26.1. The summed E-state index contributed by atoms with van der Waals surface area (Å²) in [5.74, 6) is 1.30. The third-order valence-corrected chi connectivity index (χ3v) is 7.19. The Morgan fingerprint density at radius 2 is 1.53 bits per heavy atom. The van der Waals surface area contributed by atoms with Crippen LogP contribution in [0.1, 0.15) is 87.9 Å². The van der Waals surface area contributed by atoms with Gasteiger partial charge in [-0.3, -0.25) is 4.99 Å². The lowest BCUT2D eigenvalue weighted by atomic mass is 10.1. The van der Waals surface area contributed by atoms with Crippen LogP contribution in [0.3, 0.4) is 0 Å². The molecular formula is C29H48N6O2S. The maximum absolute atomic E-state index is 7.54. The smallest absolute Gasteiger partial charge is 0.253 e. The first-order chi connectivity index (χ1) is 19.8. The van der Waals surface area contributed by atoms with E-state index in [0.29, 0.717) is 32.3 Å². The summed E-state index contributed by atoms with van der Waals surface area (Å²) < 4.78 is 42.9. The Morgan fingerprint density at radius 3 is 2.24 bits per heavy atom. The van der Waals surface area contributed by atoms with Gasteiger partial charge in [-0.2, -0.15) is 4.37 Å². The van der Waals surface area contributed by atoms with E-state index in [1.807, 2.05) is 0 Å². The van der Waals surface area contributed by atoms with E-state index < -0.39 is 6.98 Å². The number of hydrogen-bond donors (Lipinski definition) is 0. The van der Waals surface area contributed by atoms with E-state index in [9.17, 15) is 0 Å². The van der Waals surface area contributed by atoms with E-state index >= 15 is 0 Å². The summed E-state index contributed by atoms with van der Waals surface area (Å²) in [5, 5.41) is 0. The molecular weight excluding hydrogens is 496 g/mol. The molecule has 0 saturated heterocycles. The fourth-order valence-corrected chi connectivity index (χ4v) is 5.04. The predicted octanol–water partition coefficient (Wildman–Crippen LogP) is 5.87. The SMILES string of the molecule is CCCCCCOc1nsnc1C1=CCCN(C)C1.[2H]C([2H])([2H])N1CCC=C(C2=NCN=C2OCCCCCC)C1. The zero-order chi connectivity index (χ0) is 29.5. The van der Waals surface area contributed by atoms with Gasteiger partial charge in [0.1, 0.15) is 18.1 Å². The van der Waals surface area contributed by atoms with Gasteiger partial charge >= 0.3 is 0 Å². The van der Waals surface area contributed by atoms with E-state index in [1.165, 1.54) is 54.3 Å². The monoisotopic (exact) mass is 547 g/mol. The highest BCUT2D eigenvalue weighted by Crippen LogP contribution is 2.27. The number of unbranched alkanes of at least 4 members (excludes halogenated alkanes) is 6. The molecule has 0 atom stereocenters. The second kappa shape index (κ2) is 17.5. The van der Waals surface area contributed by atoms with Crippen LogP contribution in [0.4, 0.5) is 0 Å². The maximum Gasteiger partial charge on any atom is 0.253 e. The lowest BCUT2D eigenvalue weighted by Crippen LogP contribution is -2.31. The van der Waals surface area contributed by atoms with Crippen molar-refractivity contribution < 1.29 is 13.6 Å². The van der Waals surface area contributed by atoms with Crippen LogP contribution in [-0.4, -0.2) is 90.2 Å². The molecule has 8 nitrogen and oxygen atoms in total. The number of rotatable bonds is 13. The zero-order valence-corrected chi connectivity index (χ0v) is 24.4. The quantitative estimate of drug-likeness (QED) is 0.288. The Hall–Kier alpha value is -2.10. The molecule has 0 fully saturated rings. The average molecular weight is 548 g/mol. The molecule has 0 amide bonds. The molecule has 0 saturated carbocycles. The van der Waals surface area contributed by atoms with Gasteiger partial charge in [0, 0.05) is 30.3 Å². The number of aliphatic imine (C=N–C) groups is 2. The standard InChI is InChI=1S/C15H25N3O.C14H23N3OS/c1-3-4-5-6-10-19-15-14(16-12-17-15)13-8-7-9-18(2)11-13;1-3-4-5-6-10-18-14-13(15-19-16-14)12-8-7-9-17(2)11-12/h8H,3-7,9-12H2,1-2H3;8H,3-7,9-11H2,1-2H3/i2D3;. The Labute approximate surface area is 238 Å². The fourth-order valence-electron chi connectivity index (χ4n) is 4.51. The molecule has 1 aromatic rings. The Balaban J connectivity index is 0.000000228. The third-order valence-electron chi connectivity index (χ3n) is 6.68. The van der Waals surface area contributed by atoms with Crippen molar-refractivity contribution in [2.45, 2.75) is 78.1 Å². The predicted molar refractivity (Wildman–Crippen MR) is 160 cm³/mol. The number of likely N-dealkylation sites (N-methyl/N-ethyl adjacent to an activating group) is 2. The lowest BCUT2D eigenvalue weighted by Gasteiger charge is -2.23. The molecule has 4 rings (SSSR count). The molecule has 0 bridgehead atoms. The van der Waals surface area contributed by atoms with Crippen LogP contribution in [0, 0.1) is 0 Å². The van der Waals surface area contributed by atoms with Crippen molar-refractivity contribution in [1.29, 1.82) is 0 Å². The Morgan fingerprint density at radius 1 is 0.842 bits per heavy atom. The number of ether oxygens (including phenoxy) is 2. The summed E-state index contributed by atoms with van der Waals surface area (Å²) >= 11 is 1.25.